The number of methoxy groups -OCH3 is 1. The van der Waals surface area contributed by atoms with Crippen molar-refractivity contribution in [2.75, 3.05) is 20.2 Å². The number of aliphatic imine (C=N–C) groups is 1. The van der Waals surface area contributed by atoms with Gasteiger partial charge in [-0.25, -0.2) is 0 Å². The van der Waals surface area contributed by atoms with Crippen molar-refractivity contribution >= 4 is 6.72 Å². The Balaban J connectivity index is 3.45. The maximum atomic E-state index is 13.7. The Bertz CT molecular complexity index is 735. The van der Waals surface area contributed by atoms with Gasteiger partial charge in [0.05, 0.1) is 30.8 Å². The lowest BCUT2D eigenvalue weighted by Gasteiger charge is -2.39. The van der Waals surface area contributed by atoms with Crippen LogP contribution in [-0.2, 0) is 4.74 Å². The predicted molar refractivity (Wildman–Crippen MR) is 94.5 cm³/mol. The Hall–Kier alpha value is -2.37. The van der Waals surface area contributed by atoms with Crippen LogP contribution in [0.25, 0.3) is 0 Å². The largest absolute Gasteiger partial charge is 0.496 e. The highest BCUT2D eigenvalue weighted by Gasteiger charge is 2.52. The second-order valence-corrected chi connectivity index (χ2v) is 6.51. The maximum Gasteiger partial charge on any atom is 0.432 e. The molecular weight excluding hydrogens is 386 g/mol. The minimum absolute atomic E-state index is 0.144. The Kier molecular flexibility index (Phi) is 7.79. The molecule has 1 aliphatic rings. The standard InChI is InChI=1S/C19H22F6N2O/c1-5-10-17(2,19(23,24)25)13-27(16(11-26-3)18(20,21)22)12-14-8-6-7-9-15(14)28-4/h7,9,11H,3,5,10,12-13H2,1-2,4H3/b16-11-. The lowest BCUT2D eigenvalue weighted by Crippen LogP contribution is -2.47. The van der Waals surface area contributed by atoms with Crippen LogP contribution in [-0.4, -0.2) is 44.2 Å². The van der Waals surface area contributed by atoms with Crippen molar-refractivity contribution in [1.82, 2.24) is 4.90 Å². The summed E-state index contributed by atoms with van der Waals surface area (Å²) < 4.78 is 86.8. The maximum absolute atomic E-state index is 13.7. The summed E-state index contributed by atoms with van der Waals surface area (Å²) in [6.07, 6.45) is -6.49. The molecule has 0 spiro atoms. The van der Waals surface area contributed by atoms with Crippen LogP contribution in [0, 0.1) is 5.41 Å². The van der Waals surface area contributed by atoms with Crippen molar-refractivity contribution in [3.8, 4) is 0 Å². The molecule has 156 valence electrons. The molecule has 0 radical (unpaired) electrons. The Labute approximate surface area is 160 Å². The van der Waals surface area contributed by atoms with Crippen molar-refractivity contribution in [1.29, 1.82) is 0 Å². The summed E-state index contributed by atoms with van der Waals surface area (Å²) in [5.41, 5.74) is 1.64. The SMILES string of the molecule is C=N/C=C(\N(CC1=C=C=CC=C1OC)CC(C)(CCC)C(F)(F)F)C(F)(F)F. The molecule has 0 saturated heterocycles. The Morgan fingerprint density at radius 3 is 2.39 bits per heavy atom. The molecule has 0 amide bonds. The van der Waals surface area contributed by atoms with Gasteiger partial charge in [0.2, 0.25) is 0 Å². The third kappa shape index (κ3) is 5.81. The first-order valence-corrected chi connectivity index (χ1v) is 8.39. The number of allylic oxidation sites excluding steroid dienone is 3. The van der Waals surface area contributed by atoms with Crippen LogP contribution < -0.4 is 0 Å². The van der Waals surface area contributed by atoms with E-state index in [4.69, 9.17) is 4.74 Å². The number of alkyl halides is 6. The van der Waals surface area contributed by atoms with E-state index in [0.717, 1.165) is 6.92 Å². The molecule has 28 heavy (non-hydrogen) atoms. The molecule has 0 fully saturated rings. The normalized spacial score (nSPS) is 17.0. The van der Waals surface area contributed by atoms with Gasteiger partial charge in [-0.2, -0.15) is 26.3 Å². The van der Waals surface area contributed by atoms with Crippen molar-refractivity contribution in [3.05, 3.63) is 46.8 Å². The summed E-state index contributed by atoms with van der Waals surface area (Å²) in [6.45, 7) is 4.03. The summed E-state index contributed by atoms with van der Waals surface area (Å²) in [7, 11) is 1.31. The zero-order valence-electron chi connectivity index (χ0n) is 15.8. The van der Waals surface area contributed by atoms with Crippen LogP contribution in [0.2, 0.25) is 0 Å². The first-order valence-electron chi connectivity index (χ1n) is 8.39. The van der Waals surface area contributed by atoms with Crippen LogP contribution >= 0.6 is 0 Å². The molecule has 0 heterocycles. The lowest BCUT2D eigenvalue weighted by atomic mass is 9.83. The van der Waals surface area contributed by atoms with Gasteiger partial charge >= 0.3 is 12.4 Å². The highest BCUT2D eigenvalue weighted by atomic mass is 19.4. The van der Waals surface area contributed by atoms with Crippen LogP contribution in [0.3, 0.4) is 0 Å². The monoisotopic (exact) mass is 408 g/mol. The minimum atomic E-state index is -4.92. The molecule has 3 nitrogen and oxygen atoms in total. The van der Waals surface area contributed by atoms with Gasteiger partial charge < -0.3 is 9.64 Å². The predicted octanol–water partition coefficient (Wildman–Crippen LogP) is 5.54. The van der Waals surface area contributed by atoms with Crippen LogP contribution in [0.1, 0.15) is 26.7 Å². The van der Waals surface area contributed by atoms with Crippen molar-refractivity contribution in [2.45, 2.75) is 39.0 Å². The quantitative estimate of drug-likeness (QED) is 0.284. The van der Waals surface area contributed by atoms with E-state index in [0.29, 0.717) is 11.1 Å². The first kappa shape index (κ1) is 23.7. The third-order valence-electron chi connectivity index (χ3n) is 4.28. The summed E-state index contributed by atoms with van der Waals surface area (Å²) >= 11 is 0. The molecule has 1 unspecified atom stereocenters. The molecule has 0 aromatic rings. The highest BCUT2D eigenvalue weighted by Crippen LogP contribution is 2.44. The molecule has 0 N–H and O–H groups in total. The Morgan fingerprint density at radius 1 is 1.29 bits per heavy atom. The molecule has 0 aromatic heterocycles. The van der Waals surface area contributed by atoms with Crippen LogP contribution in [0.15, 0.2) is 51.8 Å². The summed E-state index contributed by atoms with van der Waals surface area (Å²) in [5.74, 6) is 0.195. The molecule has 1 rings (SSSR count). The van der Waals surface area contributed by atoms with E-state index in [1.165, 1.54) is 19.3 Å². The van der Waals surface area contributed by atoms with Gasteiger partial charge in [0.25, 0.3) is 0 Å². The second kappa shape index (κ2) is 9.22. The van der Waals surface area contributed by atoms with Gasteiger partial charge in [-0.05, 0) is 32.2 Å². The van der Waals surface area contributed by atoms with Crippen LogP contribution in [0.5, 0.6) is 0 Å². The van der Waals surface area contributed by atoms with Gasteiger partial charge in [0.1, 0.15) is 11.5 Å². The Morgan fingerprint density at radius 2 is 1.93 bits per heavy atom. The van der Waals surface area contributed by atoms with Gasteiger partial charge in [-0.3, -0.25) is 4.99 Å². The average molecular weight is 408 g/mol. The van der Waals surface area contributed by atoms with E-state index in [1.807, 2.05) is 0 Å². The molecule has 0 aromatic carbocycles. The van der Waals surface area contributed by atoms with E-state index in [-0.39, 0.29) is 24.2 Å². The summed E-state index contributed by atoms with van der Waals surface area (Å²) in [6, 6.07) is 0. The van der Waals surface area contributed by atoms with Gasteiger partial charge in [0, 0.05) is 6.54 Å². The first-order chi connectivity index (χ1) is 12.9. The van der Waals surface area contributed by atoms with E-state index in [2.05, 4.69) is 23.2 Å². The van der Waals surface area contributed by atoms with Gasteiger partial charge in [-0.1, -0.05) is 24.8 Å². The number of nitrogens with zero attached hydrogens (tertiary/aromatic N) is 2. The van der Waals surface area contributed by atoms with Gasteiger partial charge in [-0.15, -0.1) is 0 Å². The fourth-order valence-corrected chi connectivity index (χ4v) is 2.84. The minimum Gasteiger partial charge on any atom is -0.496 e. The van der Waals surface area contributed by atoms with Crippen molar-refractivity contribution in [3.63, 3.8) is 0 Å². The number of ether oxygens (including phenoxy) is 1. The smallest absolute Gasteiger partial charge is 0.432 e. The van der Waals surface area contributed by atoms with Crippen molar-refractivity contribution in [2.24, 2.45) is 10.4 Å². The molecule has 0 saturated carbocycles. The van der Waals surface area contributed by atoms with Gasteiger partial charge in [0.15, 0.2) is 0 Å². The zero-order chi connectivity index (χ0) is 21.6. The fourth-order valence-electron chi connectivity index (χ4n) is 2.84. The topological polar surface area (TPSA) is 24.8 Å². The number of hydrogen-bond donors (Lipinski definition) is 0. The summed E-state index contributed by atoms with van der Waals surface area (Å²) in [5, 5.41) is 0. The third-order valence-corrected chi connectivity index (χ3v) is 4.28. The molecule has 0 bridgehead atoms. The number of hydrogen-bond acceptors (Lipinski definition) is 3. The lowest BCUT2D eigenvalue weighted by molar-refractivity contribution is -0.227. The molecule has 0 aliphatic heterocycles. The fraction of sp³-hybridized carbons (Fsp3) is 0.526. The molecule has 9 heteroatoms. The van der Waals surface area contributed by atoms with E-state index in [9.17, 15) is 26.3 Å². The molecule has 1 aliphatic carbocycles. The zero-order valence-corrected chi connectivity index (χ0v) is 15.8. The van der Waals surface area contributed by atoms with Crippen LogP contribution in [0.4, 0.5) is 26.3 Å². The van der Waals surface area contributed by atoms with E-state index >= 15 is 0 Å². The molecular formula is C19H22F6N2O. The van der Waals surface area contributed by atoms with E-state index < -0.39 is 36.6 Å². The number of halogens is 6. The highest BCUT2D eigenvalue weighted by molar-refractivity contribution is 5.34. The second-order valence-electron chi connectivity index (χ2n) is 6.51. The van der Waals surface area contributed by atoms with Crippen molar-refractivity contribution < 1.29 is 31.1 Å². The average Bonchev–Trinajstić information content (AvgIpc) is 2.58. The number of rotatable bonds is 9. The summed E-state index contributed by atoms with van der Waals surface area (Å²) in [4.78, 5) is 3.74. The van der Waals surface area contributed by atoms with E-state index in [1.54, 1.807) is 6.92 Å². The molecule has 1 atom stereocenters.